The largest absolute Gasteiger partial charge is 0.385 e. The molecule has 0 radical (unpaired) electrons. The van der Waals surface area contributed by atoms with Gasteiger partial charge in [-0.25, -0.2) is 0 Å². The van der Waals surface area contributed by atoms with Gasteiger partial charge in [-0.15, -0.1) is 0 Å². The van der Waals surface area contributed by atoms with Crippen LogP contribution in [0.5, 0.6) is 0 Å². The maximum Gasteiger partial charge on any atom is 0.0371 e. The number of nitrogens with one attached hydrogen (secondary N) is 1. The third-order valence-corrected chi connectivity index (χ3v) is 5.40. The molecule has 2 fully saturated rings. The molecule has 1 aliphatic carbocycles. The lowest BCUT2D eigenvalue weighted by Crippen LogP contribution is -2.30. The molecule has 1 saturated carbocycles. The van der Waals surface area contributed by atoms with Crippen LogP contribution in [0.15, 0.2) is 18.2 Å². The van der Waals surface area contributed by atoms with Crippen LogP contribution in [0.1, 0.15) is 50.5 Å². The molecule has 0 atom stereocenters. The summed E-state index contributed by atoms with van der Waals surface area (Å²) >= 11 is 0. The van der Waals surface area contributed by atoms with Gasteiger partial charge in [-0.1, -0.05) is 0 Å². The van der Waals surface area contributed by atoms with Gasteiger partial charge in [-0.2, -0.15) is 0 Å². The van der Waals surface area contributed by atoms with Gasteiger partial charge in [-0.05, 0) is 81.5 Å². The topological polar surface area (TPSA) is 41.3 Å². The van der Waals surface area contributed by atoms with Crippen molar-refractivity contribution in [2.24, 2.45) is 11.7 Å². The van der Waals surface area contributed by atoms with Crippen LogP contribution in [0.4, 0.5) is 11.4 Å². The SMILES string of the molecule is Cc1cc(N2CCCCC2)ccc1NC[C@H]1CC[C@H](N)CC1. The number of rotatable bonds is 4. The summed E-state index contributed by atoms with van der Waals surface area (Å²) in [5.74, 6) is 0.793. The molecule has 0 aromatic heterocycles. The van der Waals surface area contributed by atoms with Crippen molar-refractivity contribution in [2.45, 2.75) is 57.9 Å². The molecule has 3 heteroatoms. The van der Waals surface area contributed by atoms with Crippen LogP contribution in [-0.4, -0.2) is 25.7 Å². The molecule has 1 aromatic rings. The second kappa shape index (κ2) is 7.36. The van der Waals surface area contributed by atoms with Crippen LogP contribution in [0.2, 0.25) is 0 Å². The van der Waals surface area contributed by atoms with Crippen LogP contribution in [0.25, 0.3) is 0 Å². The first-order chi connectivity index (χ1) is 10.7. The number of hydrogen-bond acceptors (Lipinski definition) is 3. The van der Waals surface area contributed by atoms with Crippen molar-refractivity contribution in [3.8, 4) is 0 Å². The Kier molecular flexibility index (Phi) is 5.24. The molecule has 3 N–H and O–H groups in total. The molecule has 0 bridgehead atoms. The molecule has 0 unspecified atom stereocenters. The van der Waals surface area contributed by atoms with E-state index >= 15 is 0 Å². The molecule has 122 valence electrons. The van der Waals surface area contributed by atoms with Crippen molar-refractivity contribution in [1.82, 2.24) is 0 Å². The fourth-order valence-corrected chi connectivity index (χ4v) is 3.84. The monoisotopic (exact) mass is 301 g/mol. The lowest BCUT2D eigenvalue weighted by atomic mass is 9.86. The van der Waals surface area contributed by atoms with E-state index in [0.29, 0.717) is 6.04 Å². The first-order valence-electron chi connectivity index (χ1n) is 9.07. The zero-order chi connectivity index (χ0) is 15.4. The average molecular weight is 301 g/mol. The smallest absolute Gasteiger partial charge is 0.0371 e. The molecule has 1 saturated heterocycles. The second-order valence-corrected chi connectivity index (χ2v) is 7.21. The van der Waals surface area contributed by atoms with Gasteiger partial charge in [-0.3, -0.25) is 0 Å². The number of nitrogens with two attached hydrogens (primary N) is 1. The maximum absolute atomic E-state index is 5.99. The number of benzene rings is 1. The van der Waals surface area contributed by atoms with Gasteiger partial charge in [0.25, 0.3) is 0 Å². The van der Waals surface area contributed by atoms with Gasteiger partial charge in [0.15, 0.2) is 0 Å². The van der Waals surface area contributed by atoms with Crippen LogP contribution in [0, 0.1) is 12.8 Å². The molecule has 2 aliphatic rings. The summed E-state index contributed by atoms with van der Waals surface area (Å²) in [6, 6.07) is 7.36. The summed E-state index contributed by atoms with van der Waals surface area (Å²) in [4.78, 5) is 2.53. The van der Waals surface area contributed by atoms with Crippen LogP contribution in [0.3, 0.4) is 0 Å². The van der Waals surface area contributed by atoms with Crippen molar-refractivity contribution in [3.63, 3.8) is 0 Å². The predicted molar refractivity (Wildman–Crippen MR) is 95.7 cm³/mol. The van der Waals surface area contributed by atoms with Crippen LogP contribution in [-0.2, 0) is 0 Å². The molecular weight excluding hydrogens is 270 g/mol. The fourth-order valence-electron chi connectivity index (χ4n) is 3.84. The Morgan fingerprint density at radius 2 is 1.82 bits per heavy atom. The Bertz CT molecular complexity index is 472. The molecule has 1 heterocycles. The molecule has 0 spiro atoms. The van der Waals surface area contributed by atoms with Crippen molar-refractivity contribution in [2.75, 3.05) is 29.9 Å². The Hall–Kier alpha value is -1.22. The normalized spacial score (nSPS) is 26.0. The van der Waals surface area contributed by atoms with Gasteiger partial charge >= 0.3 is 0 Å². The molecule has 0 amide bonds. The van der Waals surface area contributed by atoms with Gasteiger partial charge in [0.1, 0.15) is 0 Å². The highest BCUT2D eigenvalue weighted by Gasteiger charge is 2.18. The standard InChI is InChI=1S/C19H31N3/c1-15-13-18(22-11-3-2-4-12-22)9-10-19(15)21-14-16-5-7-17(20)8-6-16/h9-10,13,16-17,21H,2-8,11-12,14,20H2,1H3/t16-,17-. The Morgan fingerprint density at radius 3 is 2.50 bits per heavy atom. The first kappa shape index (κ1) is 15.7. The van der Waals surface area contributed by atoms with E-state index in [2.05, 4.69) is 35.3 Å². The number of aryl methyl sites for hydroxylation is 1. The number of piperidine rings is 1. The van der Waals surface area contributed by atoms with Gasteiger partial charge in [0, 0.05) is 37.1 Å². The number of hydrogen-bond donors (Lipinski definition) is 2. The highest BCUT2D eigenvalue weighted by molar-refractivity contribution is 5.60. The van der Waals surface area contributed by atoms with Crippen molar-refractivity contribution in [3.05, 3.63) is 23.8 Å². The summed E-state index contributed by atoms with van der Waals surface area (Å²) in [6.07, 6.45) is 9.00. The summed E-state index contributed by atoms with van der Waals surface area (Å²) < 4.78 is 0. The van der Waals surface area contributed by atoms with E-state index in [1.807, 2.05) is 0 Å². The van der Waals surface area contributed by atoms with E-state index in [-0.39, 0.29) is 0 Å². The Labute approximate surface area is 135 Å². The average Bonchev–Trinajstić information content (AvgIpc) is 2.56. The zero-order valence-corrected chi connectivity index (χ0v) is 14.0. The molecule has 3 nitrogen and oxygen atoms in total. The molecular formula is C19H31N3. The Balaban J connectivity index is 1.55. The maximum atomic E-state index is 5.99. The van der Waals surface area contributed by atoms with Crippen LogP contribution < -0.4 is 16.0 Å². The lowest BCUT2D eigenvalue weighted by molar-refractivity contribution is 0.339. The summed E-state index contributed by atoms with van der Waals surface area (Å²) in [5, 5.41) is 3.67. The predicted octanol–water partition coefficient (Wildman–Crippen LogP) is 3.91. The third kappa shape index (κ3) is 3.95. The summed E-state index contributed by atoms with van der Waals surface area (Å²) in [7, 11) is 0. The van der Waals surface area contributed by atoms with Gasteiger partial charge in [0.2, 0.25) is 0 Å². The summed E-state index contributed by atoms with van der Waals surface area (Å²) in [5.41, 5.74) is 10.1. The quantitative estimate of drug-likeness (QED) is 0.886. The molecule has 1 aromatic carbocycles. The highest BCUT2D eigenvalue weighted by atomic mass is 15.1. The number of anilines is 2. The highest BCUT2D eigenvalue weighted by Crippen LogP contribution is 2.27. The van der Waals surface area contributed by atoms with Crippen molar-refractivity contribution < 1.29 is 0 Å². The molecule has 3 rings (SSSR count). The minimum absolute atomic E-state index is 0.446. The van der Waals surface area contributed by atoms with E-state index in [9.17, 15) is 0 Å². The van der Waals surface area contributed by atoms with Gasteiger partial charge < -0.3 is 16.0 Å². The number of nitrogens with zero attached hydrogens (tertiary/aromatic N) is 1. The molecule has 22 heavy (non-hydrogen) atoms. The lowest BCUT2D eigenvalue weighted by Gasteiger charge is -2.30. The van der Waals surface area contributed by atoms with Gasteiger partial charge in [0.05, 0.1) is 0 Å². The summed E-state index contributed by atoms with van der Waals surface area (Å²) in [6.45, 7) is 5.76. The van der Waals surface area contributed by atoms with E-state index < -0.39 is 0 Å². The Morgan fingerprint density at radius 1 is 1.09 bits per heavy atom. The van der Waals surface area contributed by atoms with Crippen molar-refractivity contribution in [1.29, 1.82) is 0 Å². The second-order valence-electron chi connectivity index (χ2n) is 7.21. The first-order valence-corrected chi connectivity index (χ1v) is 9.07. The van der Waals surface area contributed by atoms with Crippen LogP contribution >= 0.6 is 0 Å². The van der Waals surface area contributed by atoms with E-state index in [0.717, 1.165) is 12.5 Å². The zero-order valence-electron chi connectivity index (χ0n) is 14.0. The fraction of sp³-hybridized carbons (Fsp3) is 0.684. The van der Waals surface area contributed by atoms with E-state index in [1.165, 1.54) is 75.0 Å². The van der Waals surface area contributed by atoms with E-state index in [1.54, 1.807) is 0 Å². The third-order valence-electron chi connectivity index (χ3n) is 5.40. The van der Waals surface area contributed by atoms with Crippen molar-refractivity contribution >= 4 is 11.4 Å². The molecule has 1 aliphatic heterocycles. The minimum atomic E-state index is 0.446. The minimum Gasteiger partial charge on any atom is -0.385 e. The van der Waals surface area contributed by atoms with E-state index in [4.69, 9.17) is 5.73 Å².